The Labute approximate surface area is 285 Å². The molecule has 0 spiro atoms. The van der Waals surface area contributed by atoms with Crippen molar-refractivity contribution in [1.29, 1.82) is 0 Å². The molecule has 0 heterocycles. The SMILES string of the molecule is Cc1ccc(S(=O)(=O)N(CC(=O)N(Cc2ccc(F)cc2)C(Cc2ccccc2)C(=O)NC2CCCC2)c2cc(Cl)cc(Cl)c2)cc1. The molecule has 0 aromatic heterocycles. The molecule has 0 bridgehead atoms. The van der Waals surface area contributed by atoms with Crippen LogP contribution in [0.5, 0.6) is 0 Å². The van der Waals surface area contributed by atoms with E-state index in [0.717, 1.165) is 41.1 Å². The third-order valence-corrected chi connectivity index (χ3v) is 10.5. The van der Waals surface area contributed by atoms with Gasteiger partial charge in [-0.3, -0.25) is 13.9 Å². The predicted molar refractivity (Wildman–Crippen MR) is 183 cm³/mol. The number of amides is 2. The molecule has 0 saturated heterocycles. The van der Waals surface area contributed by atoms with Crippen LogP contribution in [0.25, 0.3) is 0 Å². The summed E-state index contributed by atoms with van der Waals surface area (Å²) in [4.78, 5) is 30.0. The zero-order valence-electron chi connectivity index (χ0n) is 25.9. The summed E-state index contributed by atoms with van der Waals surface area (Å²) in [6.45, 7) is 1.12. The molecule has 1 atom stereocenters. The van der Waals surface area contributed by atoms with Gasteiger partial charge in [-0.25, -0.2) is 12.8 Å². The minimum atomic E-state index is -4.32. The Bertz CT molecular complexity index is 1780. The largest absolute Gasteiger partial charge is 0.352 e. The molecule has 0 aliphatic heterocycles. The Balaban J connectivity index is 1.58. The minimum absolute atomic E-state index is 0.0180. The van der Waals surface area contributed by atoms with Gasteiger partial charge in [0, 0.05) is 29.1 Å². The van der Waals surface area contributed by atoms with Gasteiger partial charge in [-0.05, 0) is 73.4 Å². The summed E-state index contributed by atoms with van der Waals surface area (Å²) in [5, 5.41) is 3.50. The van der Waals surface area contributed by atoms with Crippen molar-refractivity contribution in [3.8, 4) is 0 Å². The van der Waals surface area contributed by atoms with Crippen LogP contribution in [-0.2, 0) is 32.6 Å². The number of hydrogen-bond donors (Lipinski definition) is 1. The van der Waals surface area contributed by atoms with Crippen molar-refractivity contribution in [2.24, 2.45) is 0 Å². The highest BCUT2D eigenvalue weighted by molar-refractivity contribution is 7.92. The molecule has 1 saturated carbocycles. The van der Waals surface area contributed by atoms with Gasteiger partial charge in [-0.1, -0.05) is 96.2 Å². The molecule has 47 heavy (non-hydrogen) atoms. The van der Waals surface area contributed by atoms with Gasteiger partial charge >= 0.3 is 0 Å². The highest BCUT2D eigenvalue weighted by Crippen LogP contribution is 2.30. The fraction of sp³-hybridized carbons (Fsp3) is 0.278. The number of carbonyl (C=O) groups is 2. The summed E-state index contributed by atoms with van der Waals surface area (Å²) >= 11 is 12.6. The molecular formula is C36H36Cl2FN3O4S. The van der Waals surface area contributed by atoms with Gasteiger partial charge in [0.25, 0.3) is 10.0 Å². The normalized spacial score (nSPS) is 14.0. The Kier molecular flexibility index (Phi) is 11.2. The van der Waals surface area contributed by atoms with Crippen LogP contribution in [0.1, 0.15) is 42.4 Å². The highest BCUT2D eigenvalue weighted by Gasteiger charge is 2.35. The van der Waals surface area contributed by atoms with Gasteiger partial charge in [-0.15, -0.1) is 0 Å². The Morgan fingerprint density at radius 3 is 2.11 bits per heavy atom. The van der Waals surface area contributed by atoms with Crippen molar-refractivity contribution in [2.75, 3.05) is 10.8 Å². The van der Waals surface area contributed by atoms with E-state index in [1.54, 1.807) is 24.3 Å². The van der Waals surface area contributed by atoms with Crippen LogP contribution in [0.15, 0.2) is 102 Å². The second-order valence-corrected chi connectivity index (χ2v) is 14.5. The summed E-state index contributed by atoms with van der Waals surface area (Å²) in [5.41, 5.74) is 2.35. The van der Waals surface area contributed by atoms with Gasteiger partial charge in [0.2, 0.25) is 11.8 Å². The molecule has 1 aliphatic rings. The first kappa shape index (κ1) is 34.4. The van der Waals surface area contributed by atoms with Crippen LogP contribution in [0.4, 0.5) is 10.1 Å². The summed E-state index contributed by atoms with van der Waals surface area (Å²) in [5.74, 6) is -1.42. The topological polar surface area (TPSA) is 86.8 Å². The van der Waals surface area contributed by atoms with Crippen LogP contribution in [-0.4, -0.2) is 43.8 Å². The first-order chi connectivity index (χ1) is 22.5. The maximum atomic E-state index is 14.6. The average Bonchev–Trinajstić information content (AvgIpc) is 3.55. The Morgan fingerprint density at radius 2 is 1.49 bits per heavy atom. The number of carbonyl (C=O) groups excluding carboxylic acids is 2. The lowest BCUT2D eigenvalue weighted by molar-refractivity contribution is -0.140. The van der Waals surface area contributed by atoms with Crippen molar-refractivity contribution in [3.05, 3.63) is 130 Å². The fourth-order valence-electron chi connectivity index (χ4n) is 5.76. The molecule has 5 rings (SSSR count). The molecule has 1 aliphatic carbocycles. The fourth-order valence-corrected chi connectivity index (χ4v) is 7.67. The summed E-state index contributed by atoms with van der Waals surface area (Å²) in [7, 11) is -4.32. The molecule has 0 radical (unpaired) electrons. The number of sulfonamides is 1. The Hall–Kier alpha value is -3.92. The molecular weight excluding hydrogens is 660 g/mol. The van der Waals surface area contributed by atoms with Crippen LogP contribution < -0.4 is 9.62 Å². The second-order valence-electron chi connectivity index (χ2n) is 11.8. The highest BCUT2D eigenvalue weighted by atomic mass is 35.5. The van der Waals surface area contributed by atoms with Crippen LogP contribution in [0.2, 0.25) is 10.0 Å². The molecule has 246 valence electrons. The summed E-state index contributed by atoms with van der Waals surface area (Å²) < 4.78 is 43.2. The zero-order valence-corrected chi connectivity index (χ0v) is 28.2. The number of hydrogen-bond acceptors (Lipinski definition) is 4. The first-order valence-corrected chi connectivity index (χ1v) is 17.6. The molecule has 4 aromatic carbocycles. The third kappa shape index (κ3) is 8.91. The van der Waals surface area contributed by atoms with Crippen LogP contribution in [0.3, 0.4) is 0 Å². The summed E-state index contributed by atoms with van der Waals surface area (Å²) in [6.07, 6.45) is 3.86. The number of nitrogens with one attached hydrogen (secondary N) is 1. The molecule has 4 aromatic rings. The van der Waals surface area contributed by atoms with E-state index in [2.05, 4.69) is 5.32 Å². The standard InChI is InChI=1S/C36H36Cl2FN3O4S/c1-25-11-17-33(18-12-25)47(45,46)42(32-21-28(37)20-29(38)22-32)24-35(43)41(23-27-13-15-30(39)16-14-27)34(19-26-7-3-2-4-8-26)36(44)40-31-9-5-6-10-31/h2-4,7-8,11-18,20-22,31,34H,5-6,9-10,19,23-24H2,1H3,(H,40,44). The second kappa shape index (κ2) is 15.3. The smallest absolute Gasteiger partial charge is 0.264 e. The number of anilines is 1. The number of rotatable bonds is 12. The quantitative estimate of drug-likeness (QED) is 0.168. The van der Waals surface area contributed by atoms with Gasteiger partial charge in [-0.2, -0.15) is 0 Å². The van der Waals surface area contributed by atoms with E-state index in [1.165, 1.54) is 47.4 Å². The molecule has 1 unspecified atom stereocenters. The van der Waals surface area contributed by atoms with Gasteiger partial charge in [0.1, 0.15) is 18.4 Å². The van der Waals surface area contributed by atoms with Crippen molar-refractivity contribution in [2.45, 2.75) is 62.6 Å². The van der Waals surface area contributed by atoms with Crippen molar-refractivity contribution < 1.29 is 22.4 Å². The van der Waals surface area contributed by atoms with Gasteiger partial charge < -0.3 is 10.2 Å². The molecule has 1 N–H and O–H groups in total. The number of halogens is 3. The average molecular weight is 697 g/mol. The lowest BCUT2D eigenvalue weighted by atomic mass is 10.0. The van der Waals surface area contributed by atoms with Crippen LogP contribution in [0, 0.1) is 12.7 Å². The Morgan fingerprint density at radius 1 is 0.872 bits per heavy atom. The van der Waals surface area contributed by atoms with Crippen molar-refractivity contribution in [1.82, 2.24) is 10.2 Å². The molecule has 2 amide bonds. The van der Waals surface area contributed by atoms with E-state index in [9.17, 15) is 22.4 Å². The predicted octanol–water partition coefficient (Wildman–Crippen LogP) is 7.34. The van der Waals surface area contributed by atoms with Crippen molar-refractivity contribution >= 4 is 50.7 Å². The van der Waals surface area contributed by atoms with E-state index >= 15 is 0 Å². The molecule has 7 nitrogen and oxygen atoms in total. The minimum Gasteiger partial charge on any atom is -0.352 e. The maximum absolute atomic E-state index is 14.6. The third-order valence-electron chi connectivity index (χ3n) is 8.26. The van der Waals surface area contributed by atoms with E-state index in [1.807, 2.05) is 37.3 Å². The monoisotopic (exact) mass is 695 g/mol. The van der Waals surface area contributed by atoms with E-state index in [0.29, 0.717) is 5.56 Å². The maximum Gasteiger partial charge on any atom is 0.264 e. The molecule has 11 heteroatoms. The van der Waals surface area contributed by atoms with E-state index in [-0.39, 0.29) is 45.5 Å². The van der Waals surface area contributed by atoms with Gasteiger partial charge in [0.15, 0.2) is 0 Å². The lowest BCUT2D eigenvalue weighted by Gasteiger charge is -2.34. The van der Waals surface area contributed by atoms with E-state index in [4.69, 9.17) is 23.2 Å². The summed E-state index contributed by atoms with van der Waals surface area (Å²) in [6, 6.07) is 24.5. The number of aryl methyl sites for hydroxylation is 1. The zero-order chi connectivity index (χ0) is 33.6. The van der Waals surface area contributed by atoms with Crippen LogP contribution >= 0.6 is 23.2 Å². The first-order valence-electron chi connectivity index (χ1n) is 15.4. The number of nitrogens with zero attached hydrogens (tertiary/aromatic N) is 2. The molecule has 1 fully saturated rings. The number of benzene rings is 4. The van der Waals surface area contributed by atoms with E-state index < -0.39 is 34.3 Å². The lowest BCUT2D eigenvalue weighted by Crippen LogP contribution is -2.54. The van der Waals surface area contributed by atoms with Crippen molar-refractivity contribution in [3.63, 3.8) is 0 Å². The van der Waals surface area contributed by atoms with Gasteiger partial charge in [0.05, 0.1) is 10.6 Å².